The van der Waals surface area contributed by atoms with Gasteiger partial charge in [-0.05, 0) is 64.6 Å². The number of hydrogen-bond donors (Lipinski definition) is 2. The van der Waals surface area contributed by atoms with Crippen molar-refractivity contribution in [3.05, 3.63) is 114 Å². The largest absolute Gasteiger partial charge is 0.481 e. The fourth-order valence-electron chi connectivity index (χ4n) is 5.18. The molecule has 1 aromatic heterocycles. The summed E-state index contributed by atoms with van der Waals surface area (Å²) in [7, 11) is 1.34. The number of amides is 2. The third kappa shape index (κ3) is 6.75. The van der Waals surface area contributed by atoms with Crippen LogP contribution >= 0.6 is 0 Å². The predicted molar refractivity (Wildman–Crippen MR) is 160 cm³/mol. The molecule has 5 rings (SSSR count). The number of pyridine rings is 1. The van der Waals surface area contributed by atoms with Gasteiger partial charge >= 0.3 is 12.1 Å². The molecule has 0 saturated heterocycles. The molecule has 2 N–H and O–H groups in total. The number of hydrogen-bond acceptors (Lipinski definition) is 6. The van der Waals surface area contributed by atoms with Crippen molar-refractivity contribution in [1.82, 2.24) is 9.88 Å². The van der Waals surface area contributed by atoms with E-state index in [0.29, 0.717) is 11.3 Å². The Kier molecular flexibility index (Phi) is 8.77. The summed E-state index contributed by atoms with van der Waals surface area (Å²) in [5.41, 5.74) is 7.14. The number of nitrogens with one attached hydrogen (secondary N) is 1. The third-order valence-electron chi connectivity index (χ3n) is 7.32. The van der Waals surface area contributed by atoms with Gasteiger partial charge in [-0.15, -0.1) is 0 Å². The first-order valence-corrected chi connectivity index (χ1v) is 13.7. The number of carboxylic acids is 1. The standard InChI is InChI=1S/C33H32N4O5/c1-42-33(41)35-29-19-26(11-12-30(29)36-16-13-24-7-2-3-8-28(24)22-36)25-9-4-6-23(18-25)21-37(17-14-31(38)39)32(40)27-10-5-15-34-20-27/h2-12,15,18-20H,13-14,16-17,21-22H2,1H3,(H,35,41)(H,38,39). The molecule has 0 radical (unpaired) electrons. The SMILES string of the molecule is COC(=O)Nc1cc(-c2cccc(CN(CCC(=O)O)C(=O)c3cccnc3)c2)ccc1N1CCc2ccccc2C1. The Morgan fingerprint density at radius 3 is 2.55 bits per heavy atom. The van der Waals surface area contributed by atoms with Gasteiger partial charge in [0.1, 0.15) is 0 Å². The molecular formula is C33H32N4O5. The van der Waals surface area contributed by atoms with E-state index in [2.05, 4.69) is 33.4 Å². The van der Waals surface area contributed by atoms with Crippen molar-refractivity contribution in [2.24, 2.45) is 0 Å². The average Bonchev–Trinajstić information content (AvgIpc) is 3.02. The molecular weight excluding hydrogens is 532 g/mol. The van der Waals surface area contributed by atoms with Crippen LogP contribution in [-0.4, -0.2) is 53.2 Å². The lowest BCUT2D eigenvalue weighted by Gasteiger charge is -2.32. The second-order valence-corrected chi connectivity index (χ2v) is 10.1. The first kappa shape index (κ1) is 28.4. The Morgan fingerprint density at radius 1 is 0.976 bits per heavy atom. The number of carbonyl (C=O) groups is 3. The van der Waals surface area contributed by atoms with E-state index in [9.17, 15) is 19.5 Å². The van der Waals surface area contributed by atoms with Crippen molar-refractivity contribution in [3.8, 4) is 11.1 Å². The van der Waals surface area contributed by atoms with E-state index < -0.39 is 12.1 Å². The highest BCUT2D eigenvalue weighted by Crippen LogP contribution is 2.35. The number of carboxylic acid groups (broad SMARTS) is 1. The van der Waals surface area contributed by atoms with Gasteiger partial charge < -0.3 is 19.6 Å². The maximum absolute atomic E-state index is 13.2. The smallest absolute Gasteiger partial charge is 0.411 e. The number of methoxy groups -OCH3 is 1. The van der Waals surface area contributed by atoms with E-state index in [1.165, 1.54) is 29.3 Å². The van der Waals surface area contributed by atoms with Gasteiger partial charge in [0.05, 0.1) is 30.5 Å². The Morgan fingerprint density at radius 2 is 1.79 bits per heavy atom. The Balaban J connectivity index is 1.42. The van der Waals surface area contributed by atoms with Crippen molar-refractivity contribution in [2.45, 2.75) is 25.9 Å². The summed E-state index contributed by atoms with van der Waals surface area (Å²) in [6.07, 6.45) is 3.25. The molecule has 0 aliphatic carbocycles. The van der Waals surface area contributed by atoms with Gasteiger partial charge in [-0.3, -0.25) is 19.9 Å². The second-order valence-electron chi connectivity index (χ2n) is 10.1. The number of carbonyl (C=O) groups excluding carboxylic acids is 2. The lowest BCUT2D eigenvalue weighted by Crippen LogP contribution is -2.32. The summed E-state index contributed by atoms with van der Waals surface area (Å²) in [6, 6.07) is 25.4. The first-order chi connectivity index (χ1) is 20.4. The lowest BCUT2D eigenvalue weighted by molar-refractivity contribution is -0.137. The van der Waals surface area contributed by atoms with E-state index in [1.807, 2.05) is 48.5 Å². The highest BCUT2D eigenvalue weighted by Gasteiger charge is 2.21. The van der Waals surface area contributed by atoms with Gasteiger partial charge in [0.15, 0.2) is 0 Å². The quantitative estimate of drug-likeness (QED) is 0.272. The van der Waals surface area contributed by atoms with Gasteiger partial charge in [0, 0.05) is 38.6 Å². The molecule has 0 saturated carbocycles. The van der Waals surface area contributed by atoms with Crippen molar-refractivity contribution >= 4 is 29.3 Å². The summed E-state index contributed by atoms with van der Waals surface area (Å²) in [5, 5.41) is 12.1. The number of aliphatic carboxylic acids is 1. The molecule has 214 valence electrons. The van der Waals surface area contributed by atoms with Gasteiger partial charge in [-0.25, -0.2) is 4.79 Å². The fraction of sp³-hybridized carbons (Fsp3) is 0.212. The monoisotopic (exact) mass is 564 g/mol. The van der Waals surface area contributed by atoms with Gasteiger partial charge in [-0.1, -0.05) is 48.5 Å². The Bertz CT molecular complexity index is 1590. The van der Waals surface area contributed by atoms with Gasteiger partial charge in [0.25, 0.3) is 5.91 Å². The summed E-state index contributed by atoms with van der Waals surface area (Å²) in [5.74, 6) is -1.26. The van der Waals surface area contributed by atoms with Crippen LogP contribution in [0.15, 0.2) is 91.3 Å². The topological polar surface area (TPSA) is 112 Å². The fourth-order valence-corrected chi connectivity index (χ4v) is 5.18. The molecule has 2 amide bonds. The highest BCUT2D eigenvalue weighted by molar-refractivity contribution is 5.94. The molecule has 0 fully saturated rings. The predicted octanol–water partition coefficient (Wildman–Crippen LogP) is 5.61. The minimum atomic E-state index is -0.976. The molecule has 1 aliphatic heterocycles. The zero-order valence-corrected chi connectivity index (χ0v) is 23.3. The van der Waals surface area contributed by atoms with Crippen LogP contribution in [0.25, 0.3) is 11.1 Å². The summed E-state index contributed by atoms with van der Waals surface area (Å²) in [6.45, 7) is 1.85. The van der Waals surface area contributed by atoms with E-state index >= 15 is 0 Å². The molecule has 0 unspecified atom stereocenters. The average molecular weight is 565 g/mol. The normalized spacial score (nSPS) is 12.3. The number of anilines is 2. The lowest BCUT2D eigenvalue weighted by atomic mass is 9.98. The molecule has 42 heavy (non-hydrogen) atoms. The number of fused-ring (bicyclic) bond motifs is 1. The zero-order valence-electron chi connectivity index (χ0n) is 23.3. The minimum Gasteiger partial charge on any atom is -0.481 e. The van der Waals surface area contributed by atoms with Crippen LogP contribution in [0.4, 0.5) is 16.2 Å². The molecule has 1 aliphatic rings. The minimum absolute atomic E-state index is 0.0636. The molecule has 4 aromatic rings. The first-order valence-electron chi connectivity index (χ1n) is 13.7. The number of benzene rings is 3. The van der Waals surface area contributed by atoms with Crippen molar-refractivity contribution in [3.63, 3.8) is 0 Å². The molecule has 9 heteroatoms. The highest BCUT2D eigenvalue weighted by atomic mass is 16.5. The zero-order chi connectivity index (χ0) is 29.5. The van der Waals surface area contributed by atoms with Crippen LogP contribution in [0.5, 0.6) is 0 Å². The van der Waals surface area contributed by atoms with Crippen LogP contribution in [0, 0.1) is 0 Å². The molecule has 0 spiro atoms. The molecule has 0 bridgehead atoms. The molecule has 3 aromatic carbocycles. The van der Waals surface area contributed by atoms with E-state index in [-0.39, 0.29) is 25.4 Å². The number of nitrogens with zero attached hydrogens (tertiary/aromatic N) is 3. The second kappa shape index (κ2) is 13.0. The van der Waals surface area contributed by atoms with Crippen LogP contribution in [0.3, 0.4) is 0 Å². The van der Waals surface area contributed by atoms with E-state index in [0.717, 1.165) is 41.9 Å². The third-order valence-corrected chi connectivity index (χ3v) is 7.32. The van der Waals surface area contributed by atoms with Crippen LogP contribution < -0.4 is 10.2 Å². The molecule has 0 atom stereocenters. The molecule has 9 nitrogen and oxygen atoms in total. The van der Waals surface area contributed by atoms with Gasteiger partial charge in [0.2, 0.25) is 0 Å². The van der Waals surface area contributed by atoms with Crippen LogP contribution in [-0.2, 0) is 29.0 Å². The summed E-state index contributed by atoms with van der Waals surface area (Å²) in [4.78, 5) is 44.6. The van der Waals surface area contributed by atoms with Gasteiger partial charge in [-0.2, -0.15) is 0 Å². The maximum atomic E-state index is 13.2. The van der Waals surface area contributed by atoms with Crippen molar-refractivity contribution < 1.29 is 24.2 Å². The number of aromatic nitrogens is 1. The summed E-state index contributed by atoms with van der Waals surface area (Å²) < 4.78 is 4.91. The Labute approximate surface area is 244 Å². The molecule has 2 heterocycles. The van der Waals surface area contributed by atoms with Crippen LogP contribution in [0.2, 0.25) is 0 Å². The number of rotatable bonds is 9. The summed E-state index contributed by atoms with van der Waals surface area (Å²) >= 11 is 0. The van der Waals surface area contributed by atoms with E-state index in [1.54, 1.807) is 18.3 Å². The number of ether oxygens (including phenoxy) is 1. The maximum Gasteiger partial charge on any atom is 0.411 e. The Hall–Kier alpha value is -5.18. The van der Waals surface area contributed by atoms with Crippen molar-refractivity contribution in [1.29, 1.82) is 0 Å². The van der Waals surface area contributed by atoms with E-state index in [4.69, 9.17) is 4.74 Å². The van der Waals surface area contributed by atoms with Crippen LogP contribution in [0.1, 0.15) is 33.5 Å². The van der Waals surface area contributed by atoms with Crippen molar-refractivity contribution in [2.75, 3.05) is 30.4 Å².